The van der Waals surface area contributed by atoms with Gasteiger partial charge in [0.25, 0.3) is 0 Å². The molecule has 1 aromatic carbocycles. The van der Waals surface area contributed by atoms with Crippen LogP contribution in [0, 0.1) is 12.8 Å². The van der Waals surface area contributed by atoms with Gasteiger partial charge in [-0.2, -0.15) is 0 Å². The third-order valence-electron chi connectivity index (χ3n) is 4.31. The van der Waals surface area contributed by atoms with Gasteiger partial charge in [0.15, 0.2) is 0 Å². The third kappa shape index (κ3) is 6.24. The SMILES string of the molecule is CC(=O)OCC1O[C@H](Sc2ccc(C)cc2)C(OC(C)=O)C(C)[C@H]1OC(C)=O. The number of thioether (sulfide) groups is 1. The molecule has 28 heavy (non-hydrogen) atoms. The zero-order chi connectivity index (χ0) is 20.8. The summed E-state index contributed by atoms with van der Waals surface area (Å²) >= 11 is 1.41. The van der Waals surface area contributed by atoms with Gasteiger partial charge in [-0.15, -0.1) is 0 Å². The Hall–Kier alpha value is -2.06. The van der Waals surface area contributed by atoms with E-state index in [1.54, 1.807) is 0 Å². The van der Waals surface area contributed by atoms with Crippen LogP contribution >= 0.6 is 11.8 Å². The second-order valence-corrected chi connectivity index (χ2v) is 7.96. The van der Waals surface area contributed by atoms with E-state index in [4.69, 9.17) is 18.9 Å². The molecule has 1 fully saturated rings. The van der Waals surface area contributed by atoms with E-state index in [-0.39, 0.29) is 12.5 Å². The Morgan fingerprint density at radius 1 is 0.964 bits per heavy atom. The van der Waals surface area contributed by atoms with Gasteiger partial charge in [0, 0.05) is 31.6 Å². The Labute approximate surface area is 169 Å². The molecule has 3 unspecified atom stereocenters. The average molecular weight is 410 g/mol. The van der Waals surface area contributed by atoms with E-state index in [1.165, 1.54) is 32.5 Å². The molecular weight excluding hydrogens is 384 g/mol. The highest BCUT2D eigenvalue weighted by Crippen LogP contribution is 2.38. The topological polar surface area (TPSA) is 88.1 Å². The van der Waals surface area contributed by atoms with Gasteiger partial charge in [-0.3, -0.25) is 14.4 Å². The minimum absolute atomic E-state index is 0.0601. The molecule has 0 N–H and O–H groups in total. The number of rotatable bonds is 6. The molecule has 0 saturated carbocycles. The summed E-state index contributed by atoms with van der Waals surface area (Å²) in [7, 11) is 0. The number of benzene rings is 1. The number of ether oxygens (including phenoxy) is 4. The molecule has 0 amide bonds. The van der Waals surface area contributed by atoms with Crippen molar-refractivity contribution in [2.75, 3.05) is 6.61 Å². The lowest BCUT2D eigenvalue weighted by Crippen LogP contribution is -2.56. The minimum atomic E-state index is -0.712. The Kier molecular flexibility index (Phi) is 7.88. The highest BCUT2D eigenvalue weighted by atomic mass is 32.2. The van der Waals surface area contributed by atoms with Crippen LogP contribution in [-0.4, -0.2) is 48.3 Å². The van der Waals surface area contributed by atoms with Gasteiger partial charge >= 0.3 is 17.9 Å². The maximum absolute atomic E-state index is 11.7. The van der Waals surface area contributed by atoms with Gasteiger partial charge in [-0.25, -0.2) is 0 Å². The van der Waals surface area contributed by atoms with Crippen molar-refractivity contribution in [2.45, 2.75) is 63.3 Å². The number of carbonyl (C=O) groups excluding carboxylic acids is 3. The Bertz CT molecular complexity index is 701. The second kappa shape index (κ2) is 9.93. The standard InChI is InChI=1S/C20H26O7S/c1-11-6-8-16(9-7-11)28-20-19(26-15(5)23)12(2)18(25-14(4)22)17(27-20)10-24-13(3)21/h6-9,12,17-20H,10H2,1-5H3/t12?,17?,18-,19?,20-/m1/s1. The fourth-order valence-electron chi connectivity index (χ4n) is 3.01. The van der Waals surface area contributed by atoms with Gasteiger partial charge < -0.3 is 18.9 Å². The molecule has 0 aliphatic carbocycles. The smallest absolute Gasteiger partial charge is 0.303 e. The van der Waals surface area contributed by atoms with Crippen LogP contribution in [0.1, 0.15) is 33.3 Å². The predicted octanol–water partition coefficient (Wildman–Crippen LogP) is 2.87. The molecule has 7 nitrogen and oxygen atoms in total. The normalized spacial score (nSPS) is 27.0. The van der Waals surface area contributed by atoms with E-state index < -0.39 is 41.7 Å². The molecule has 0 bridgehead atoms. The van der Waals surface area contributed by atoms with E-state index in [1.807, 2.05) is 38.1 Å². The molecular formula is C20H26O7S. The van der Waals surface area contributed by atoms with Crippen LogP contribution in [0.4, 0.5) is 0 Å². The first kappa shape index (κ1) is 22.2. The van der Waals surface area contributed by atoms with E-state index in [9.17, 15) is 14.4 Å². The van der Waals surface area contributed by atoms with E-state index in [2.05, 4.69) is 0 Å². The van der Waals surface area contributed by atoms with Crippen LogP contribution in [0.3, 0.4) is 0 Å². The van der Waals surface area contributed by atoms with Crippen LogP contribution < -0.4 is 0 Å². The summed E-state index contributed by atoms with van der Waals surface area (Å²) in [5.74, 6) is -1.75. The molecule has 0 aromatic heterocycles. The largest absolute Gasteiger partial charge is 0.463 e. The van der Waals surface area contributed by atoms with Crippen molar-refractivity contribution in [3.63, 3.8) is 0 Å². The van der Waals surface area contributed by atoms with Crippen LogP contribution in [-0.2, 0) is 33.3 Å². The summed E-state index contributed by atoms with van der Waals surface area (Å²) in [5, 5.41) is 0. The minimum Gasteiger partial charge on any atom is -0.463 e. The Balaban J connectivity index is 2.28. The van der Waals surface area contributed by atoms with Crippen molar-refractivity contribution >= 4 is 29.7 Å². The molecule has 0 spiro atoms. The van der Waals surface area contributed by atoms with Crippen LogP contribution in [0.15, 0.2) is 29.2 Å². The van der Waals surface area contributed by atoms with Crippen molar-refractivity contribution in [3.05, 3.63) is 29.8 Å². The lowest BCUT2D eigenvalue weighted by Gasteiger charge is -2.43. The molecule has 2 rings (SSSR count). The number of aryl methyl sites for hydroxylation is 1. The van der Waals surface area contributed by atoms with Crippen LogP contribution in [0.25, 0.3) is 0 Å². The lowest BCUT2D eigenvalue weighted by atomic mass is 9.91. The number of esters is 3. The average Bonchev–Trinajstić information content (AvgIpc) is 2.60. The summed E-state index contributed by atoms with van der Waals surface area (Å²) in [5.41, 5.74) is 0.579. The first-order valence-electron chi connectivity index (χ1n) is 9.04. The molecule has 154 valence electrons. The number of hydrogen-bond acceptors (Lipinski definition) is 8. The van der Waals surface area contributed by atoms with Crippen LogP contribution in [0.2, 0.25) is 0 Å². The monoisotopic (exact) mass is 410 g/mol. The summed E-state index contributed by atoms with van der Waals surface area (Å²) in [6.07, 6.45) is -2.02. The van der Waals surface area contributed by atoms with Gasteiger partial charge in [-0.1, -0.05) is 36.4 Å². The lowest BCUT2D eigenvalue weighted by molar-refractivity contribution is -0.212. The molecule has 8 heteroatoms. The van der Waals surface area contributed by atoms with E-state index >= 15 is 0 Å². The molecule has 1 aliphatic rings. The first-order valence-corrected chi connectivity index (χ1v) is 9.92. The molecule has 1 heterocycles. The summed E-state index contributed by atoms with van der Waals surface area (Å²) in [6, 6.07) is 7.87. The molecule has 1 aliphatic heterocycles. The van der Waals surface area contributed by atoms with Gasteiger partial charge in [0.05, 0.1) is 0 Å². The maximum Gasteiger partial charge on any atom is 0.303 e. The van der Waals surface area contributed by atoms with Gasteiger partial charge in [0.1, 0.15) is 30.4 Å². The predicted molar refractivity (Wildman–Crippen MR) is 103 cm³/mol. The summed E-state index contributed by atoms with van der Waals surface area (Å²) in [6.45, 7) is 7.68. The molecule has 0 radical (unpaired) electrons. The van der Waals surface area contributed by atoms with Crippen LogP contribution in [0.5, 0.6) is 0 Å². The molecule has 1 aromatic rings. The zero-order valence-electron chi connectivity index (χ0n) is 16.7. The van der Waals surface area contributed by atoms with E-state index in [0.717, 1.165) is 10.5 Å². The zero-order valence-corrected chi connectivity index (χ0v) is 17.5. The molecule has 1 saturated heterocycles. The van der Waals surface area contributed by atoms with Crippen molar-refractivity contribution in [3.8, 4) is 0 Å². The van der Waals surface area contributed by atoms with Crippen molar-refractivity contribution in [1.29, 1.82) is 0 Å². The molecule has 5 atom stereocenters. The number of carbonyl (C=O) groups is 3. The van der Waals surface area contributed by atoms with Gasteiger partial charge in [0.2, 0.25) is 0 Å². The van der Waals surface area contributed by atoms with E-state index in [0.29, 0.717) is 0 Å². The van der Waals surface area contributed by atoms with Crippen molar-refractivity contribution < 1.29 is 33.3 Å². The quantitative estimate of drug-likeness (QED) is 0.523. The highest BCUT2D eigenvalue weighted by molar-refractivity contribution is 7.99. The van der Waals surface area contributed by atoms with Crippen molar-refractivity contribution in [2.24, 2.45) is 5.92 Å². The van der Waals surface area contributed by atoms with Gasteiger partial charge in [-0.05, 0) is 19.1 Å². The fourth-order valence-corrected chi connectivity index (χ4v) is 4.21. The Morgan fingerprint density at radius 3 is 2.07 bits per heavy atom. The summed E-state index contributed by atoms with van der Waals surface area (Å²) in [4.78, 5) is 35.4. The fraction of sp³-hybridized carbons (Fsp3) is 0.550. The first-order chi connectivity index (χ1) is 13.2. The number of hydrogen-bond donors (Lipinski definition) is 0. The third-order valence-corrected chi connectivity index (χ3v) is 5.46. The highest BCUT2D eigenvalue weighted by Gasteiger charge is 2.48. The maximum atomic E-state index is 11.7. The second-order valence-electron chi connectivity index (χ2n) is 6.78. The Morgan fingerprint density at radius 2 is 1.54 bits per heavy atom. The summed E-state index contributed by atoms with van der Waals surface area (Å²) < 4.78 is 22.1. The van der Waals surface area contributed by atoms with Crippen molar-refractivity contribution in [1.82, 2.24) is 0 Å².